The van der Waals surface area contributed by atoms with Crippen LogP contribution < -0.4 is 5.32 Å². The molecule has 0 unspecified atom stereocenters. The maximum Gasteiger partial charge on any atom is 0.335 e. The summed E-state index contributed by atoms with van der Waals surface area (Å²) in [6, 6.07) is 8.73. The average Bonchev–Trinajstić information content (AvgIpc) is 2.91. The number of carbonyl (C=O) groups is 2. The first-order valence-corrected chi connectivity index (χ1v) is 8.06. The molecule has 1 heterocycles. The number of amides is 1. The number of nitrogens with one attached hydrogen (secondary N) is 1. The van der Waals surface area contributed by atoms with Crippen molar-refractivity contribution >= 4 is 23.2 Å². The van der Waals surface area contributed by atoms with Crippen LogP contribution in [0.5, 0.6) is 0 Å². The predicted octanol–water partition coefficient (Wildman–Crippen LogP) is 3.05. The minimum absolute atomic E-state index is 0.0246. The van der Waals surface area contributed by atoms with Gasteiger partial charge in [0.1, 0.15) is 0 Å². The van der Waals surface area contributed by atoms with Crippen molar-refractivity contribution in [3.8, 4) is 0 Å². The summed E-state index contributed by atoms with van der Waals surface area (Å²) in [5, 5.41) is 13.8. The number of aromatic carboxylic acids is 1. The van der Waals surface area contributed by atoms with Crippen LogP contribution >= 0.6 is 11.3 Å². The maximum atomic E-state index is 11.8. The Kier molecular flexibility index (Phi) is 5.72. The lowest BCUT2D eigenvalue weighted by Gasteiger charge is -2.05. The van der Waals surface area contributed by atoms with Gasteiger partial charge in [-0.1, -0.05) is 12.1 Å². The van der Waals surface area contributed by atoms with Crippen molar-refractivity contribution in [1.29, 1.82) is 0 Å². The van der Waals surface area contributed by atoms with Gasteiger partial charge >= 0.3 is 5.97 Å². The van der Waals surface area contributed by atoms with E-state index in [9.17, 15) is 9.59 Å². The molecule has 0 aliphatic heterocycles. The van der Waals surface area contributed by atoms with Crippen LogP contribution in [0.15, 0.2) is 35.7 Å². The van der Waals surface area contributed by atoms with Crippen LogP contribution in [-0.2, 0) is 17.6 Å². The fourth-order valence-corrected chi connectivity index (χ4v) is 3.05. The molecule has 0 bridgehead atoms. The lowest BCUT2D eigenvalue weighted by Crippen LogP contribution is -2.25. The van der Waals surface area contributed by atoms with Crippen LogP contribution in [0.2, 0.25) is 0 Å². The van der Waals surface area contributed by atoms with E-state index < -0.39 is 5.97 Å². The van der Waals surface area contributed by atoms with Crippen LogP contribution in [0.4, 0.5) is 0 Å². The Morgan fingerprint density at radius 3 is 2.45 bits per heavy atom. The van der Waals surface area contributed by atoms with Crippen molar-refractivity contribution in [1.82, 2.24) is 5.32 Å². The highest BCUT2D eigenvalue weighted by atomic mass is 32.1. The van der Waals surface area contributed by atoms with Gasteiger partial charge in [-0.25, -0.2) is 4.79 Å². The Hall–Kier alpha value is -2.14. The molecule has 2 rings (SSSR count). The number of carboxylic acid groups (broad SMARTS) is 1. The first-order valence-electron chi connectivity index (χ1n) is 7.18. The third-order valence-electron chi connectivity index (χ3n) is 3.48. The number of carboxylic acids is 1. The fraction of sp³-hybridized carbons (Fsp3) is 0.294. The first-order chi connectivity index (χ1) is 10.6. The molecule has 4 nitrogen and oxygen atoms in total. The Morgan fingerprint density at radius 2 is 1.86 bits per heavy atom. The van der Waals surface area contributed by atoms with E-state index in [1.807, 2.05) is 0 Å². The molecule has 1 aromatic carbocycles. The molecule has 1 aromatic heterocycles. The molecule has 0 aliphatic carbocycles. The molecule has 0 radical (unpaired) electrons. The SMILES string of the molecule is Cc1ccsc1CCNC(=O)CCc1ccc(C(=O)O)cc1. The minimum atomic E-state index is -0.937. The van der Waals surface area contributed by atoms with Gasteiger partial charge in [-0.15, -0.1) is 11.3 Å². The smallest absolute Gasteiger partial charge is 0.335 e. The molecule has 0 spiro atoms. The van der Waals surface area contributed by atoms with Crippen LogP contribution in [-0.4, -0.2) is 23.5 Å². The number of benzene rings is 1. The van der Waals surface area contributed by atoms with Gasteiger partial charge in [0.05, 0.1) is 5.56 Å². The van der Waals surface area contributed by atoms with Gasteiger partial charge in [0.15, 0.2) is 0 Å². The standard InChI is InChI=1S/C17H19NO3S/c1-12-9-11-22-15(12)8-10-18-16(19)7-4-13-2-5-14(6-3-13)17(20)21/h2-3,5-6,9,11H,4,7-8,10H2,1H3,(H,18,19)(H,20,21). The van der Waals surface area contributed by atoms with Crippen molar-refractivity contribution in [2.45, 2.75) is 26.2 Å². The average molecular weight is 317 g/mol. The molecule has 2 aromatic rings. The Balaban J connectivity index is 1.71. The molecule has 1 amide bonds. The van der Waals surface area contributed by atoms with Gasteiger partial charge in [0.2, 0.25) is 5.91 Å². The molecule has 0 saturated heterocycles. The zero-order valence-electron chi connectivity index (χ0n) is 12.5. The summed E-state index contributed by atoms with van der Waals surface area (Å²) in [6.07, 6.45) is 1.89. The van der Waals surface area contributed by atoms with Crippen molar-refractivity contribution in [2.24, 2.45) is 0 Å². The summed E-state index contributed by atoms with van der Waals surface area (Å²) in [7, 11) is 0. The minimum Gasteiger partial charge on any atom is -0.478 e. The monoisotopic (exact) mass is 317 g/mol. The van der Waals surface area contributed by atoms with E-state index in [0.29, 0.717) is 19.4 Å². The molecule has 2 N–H and O–H groups in total. The highest BCUT2D eigenvalue weighted by Crippen LogP contribution is 2.15. The lowest BCUT2D eigenvalue weighted by molar-refractivity contribution is -0.121. The topological polar surface area (TPSA) is 66.4 Å². The maximum absolute atomic E-state index is 11.8. The number of aryl methyl sites for hydroxylation is 2. The summed E-state index contributed by atoms with van der Waals surface area (Å²) in [4.78, 5) is 23.9. The Labute approximate surface area is 133 Å². The second kappa shape index (κ2) is 7.75. The largest absolute Gasteiger partial charge is 0.478 e. The van der Waals surface area contributed by atoms with Gasteiger partial charge in [-0.2, -0.15) is 0 Å². The van der Waals surface area contributed by atoms with E-state index in [2.05, 4.69) is 23.7 Å². The quantitative estimate of drug-likeness (QED) is 0.825. The molecule has 22 heavy (non-hydrogen) atoms. The summed E-state index contributed by atoms with van der Waals surface area (Å²) >= 11 is 1.72. The third kappa shape index (κ3) is 4.70. The van der Waals surface area contributed by atoms with Gasteiger partial charge in [0.25, 0.3) is 0 Å². The fourth-order valence-electron chi connectivity index (χ4n) is 2.14. The molecule has 0 aliphatic rings. The molecular weight excluding hydrogens is 298 g/mol. The Bertz CT molecular complexity index is 646. The van der Waals surface area contributed by atoms with E-state index >= 15 is 0 Å². The molecule has 5 heteroatoms. The van der Waals surface area contributed by atoms with Crippen molar-refractivity contribution < 1.29 is 14.7 Å². The second-order valence-electron chi connectivity index (χ2n) is 5.13. The number of thiophene rings is 1. The highest BCUT2D eigenvalue weighted by molar-refractivity contribution is 7.10. The zero-order valence-corrected chi connectivity index (χ0v) is 13.3. The van der Waals surface area contributed by atoms with E-state index in [4.69, 9.17) is 5.11 Å². The van der Waals surface area contributed by atoms with E-state index in [0.717, 1.165) is 12.0 Å². The van der Waals surface area contributed by atoms with Gasteiger partial charge in [0, 0.05) is 17.8 Å². The van der Waals surface area contributed by atoms with Crippen molar-refractivity contribution in [3.63, 3.8) is 0 Å². The van der Waals surface area contributed by atoms with Gasteiger partial charge in [-0.3, -0.25) is 4.79 Å². The van der Waals surface area contributed by atoms with Crippen LogP contribution in [0.1, 0.15) is 32.8 Å². The summed E-state index contributed by atoms with van der Waals surface area (Å²) < 4.78 is 0. The van der Waals surface area contributed by atoms with E-state index in [1.54, 1.807) is 35.6 Å². The van der Waals surface area contributed by atoms with E-state index in [-0.39, 0.29) is 11.5 Å². The van der Waals surface area contributed by atoms with Crippen LogP contribution in [0.25, 0.3) is 0 Å². The molecule has 116 valence electrons. The molecule has 0 atom stereocenters. The Morgan fingerprint density at radius 1 is 1.14 bits per heavy atom. The van der Waals surface area contributed by atoms with Gasteiger partial charge in [-0.05, 0) is 54.5 Å². The van der Waals surface area contributed by atoms with Crippen molar-refractivity contribution in [3.05, 3.63) is 57.3 Å². The van der Waals surface area contributed by atoms with Crippen molar-refractivity contribution in [2.75, 3.05) is 6.54 Å². The predicted molar refractivity (Wildman–Crippen MR) is 87.5 cm³/mol. The summed E-state index contributed by atoms with van der Waals surface area (Å²) in [5.74, 6) is -0.912. The van der Waals surface area contributed by atoms with Gasteiger partial charge < -0.3 is 10.4 Å². The third-order valence-corrected chi connectivity index (χ3v) is 4.57. The molecule has 0 fully saturated rings. The molecular formula is C17H19NO3S. The highest BCUT2D eigenvalue weighted by Gasteiger charge is 2.05. The van der Waals surface area contributed by atoms with Crippen LogP contribution in [0, 0.1) is 6.92 Å². The number of hydrogen-bond donors (Lipinski definition) is 2. The first kappa shape index (κ1) is 16.2. The molecule has 0 saturated carbocycles. The van der Waals surface area contributed by atoms with Crippen LogP contribution in [0.3, 0.4) is 0 Å². The summed E-state index contributed by atoms with van der Waals surface area (Å²) in [5.41, 5.74) is 2.51. The number of carbonyl (C=O) groups excluding carboxylic acids is 1. The normalized spacial score (nSPS) is 10.4. The number of rotatable bonds is 7. The number of hydrogen-bond acceptors (Lipinski definition) is 3. The second-order valence-corrected chi connectivity index (χ2v) is 6.13. The summed E-state index contributed by atoms with van der Waals surface area (Å²) in [6.45, 7) is 2.73. The van der Waals surface area contributed by atoms with E-state index in [1.165, 1.54) is 10.4 Å². The zero-order chi connectivity index (χ0) is 15.9. The lowest BCUT2D eigenvalue weighted by atomic mass is 10.1.